The molecule has 0 bridgehead atoms. The molecule has 0 aliphatic heterocycles. The largest absolute Gasteiger partial charge is 0.345 e. The zero-order chi connectivity index (χ0) is 105. The molecule has 44 heteroatoms. The molecule has 5 aromatic carbocycles. The molecule has 748 valence electrons. The first-order valence-corrected chi connectivity index (χ1v) is 52.8. The van der Waals surface area contributed by atoms with Crippen LogP contribution in [0, 0.1) is 5.82 Å². The van der Waals surface area contributed by atoms with Gasteiger partial charge in [-0.2, -0.15) is 25.5 Å². The summed E-state index contributed by atoms with van der Waals surface area (Å²) in [6, 6.07) is 42.3. The fourth-order valence-corrected chi connectivity index (χ4v) is 18.5. The van der Waals surface area contributed by atoms with Crippen molar-refractivity contribution in [3.8, 4) is 28.4 Å². The van der Waals surface area contributed by atoms with E-state index in [9.17, 15) is 45.2 Å². The summed E-state index contributed by atoms with van der Waals surface area (Å²) in [5, 5.41) is 42.8. The minimum absolute atomic E-state index is 0.0964. The third-order valence-electron chi connectivity index (χ3n) is 23.3. The highest BCUT2D eigenvalue weighted by atomic mass is 79.9. The van der Waals surface area contributed by atoms with Crippen molar-refractivity contribution < 1.29 is 45.2 Å². The van der Waals surface area contributed by atoms with E-state index in [1.807, 2.05) is 94.4 Å². The van der Waals surface area contributed by atoms with Gasteiger partial charge in [-0.15, -0.1) is 0 Å². The summed E-state index contributed by atoms with van der Waals surface area (Å²) in [4.78, 5) is 107. The van der Waals surface area contributed by atoms with E-state index in [-0.39, 0.29) is 63.3 Å². The average Bonchev–Trinajstić information content (AvgIpc) is 1.65. The van der Waals surface area contributed by atoms with E-state index >= 15 is 0 Å². The van der Waals surface area contributed by atoms with Gasteiger partial charge in [-0.3, -0.25) is 73.8 Å². The topological polar surface area (TPSA) is 432 Å². The lowest BCUT2D eigenvalue weighted by Crippen LogP contribution is -2.28. The van der Waals surface area contributed by atoms with E-state index in [0.717, 1.165) is 93.6 Å². The molecule has 0 unspecified atom stereocenters. The number of carbonyl (C=O) groups is 5. The van der Waals surface area contributed by atoms with Crippen LogP contribution in [0.5, 0.6) is 0 Å². The van der Waals surface area contributed by atoms with Crippen molar-refractivity contribution >= 4 is 198 Å². The Hall–Kier alpha value is -15.3. The van der Waals surface area contributed by atoms with Crippen LogP contribution < -0.4 is 26.6 Å². The number of sulfone groups is 2. The fourth-order valence-electron chi connectivity index (χ4n) is 15.6. The van der Waals surface area contributed by atoms with Crippen LogP contribution in [0.1, 0.15) is 157 Å². The quantitative estimate of drug-likeness (QED) is 0.0375. The third kappa shape index (κ3) is 25.2. The van der Waals surface area contributed by atoms with Gasteiger partial charge in [0.05, 0.1) is 186 Å². The predicted molar refractivity (Wildman–Crippen MR) is 573 cm³/mol. The summed E-state index contributed by atoms with van der Waals surface area (Å²) < 4.78 is 71.5. The van der Waals surface area contributed by atoms with Crippen LogP contribution in [0.3, 0.4) is 0 Å². The zero-order valence-electron chi connectivity index (χ0n) is 79.1. The molecule has 20 rings (SSSR count). The molecule has 0 saturated carbocycles. The lowest BCUT2D eigenvalue weighted by atomic mass is 10.1. The number of rotatable bonds is 24. The van der Waals surface area contributed by atoms with Gasteiger partial charge in [-0.25, -0.2) is 44.6 Å². The van der Waals surface area contributed by atoms with E-state index in [4.69, 9.17) is 46.4 Å². The molecule has 5 atom stereocenters. The molecule has 15 heterocycles. The maximum Gasteiger partial charge on any atom is 0.254 e. The monoisotopic (exact) mass is 2290 g/mol. The maximum absolute atomic E-state index is 13.2. The zero-order valence-corrected chi connectivity index (χ0v) is 88.5. The number of pyridine rings is 10. The number of carbonyl (C=O) groups excluding carboxylic acids is 5. The standard InChI is InChI=1S/C22H20ClN5O3S.C21H17BrClN5O.C21H18ClN5O3S.C20H15BrClN5O.C20H15BrFN5O/c1-3-20(14-8-17(10-24-9-14)32(2,30)31)27-22(29)19-11-25-13-21-18(19)12-26-28(21)16-6-4-15(23)5-7-16;1-2-19(13-7-14(22)9-24-8-13)27-21(29)18-10-25-12-20-17(18)11-26-28(20)16-5-3-15(23)4-6-16;1-13(14-7-17(9-23-8-14)31(2,29)30)26-21(28)19-10-24-12-20-18(19)11-25-27(20)16-5-3-15(22)4-6-16;2*1-12(13-6-14(21)8-23-7-13)26-20(28)18-9-24-11-19-17(18)10-25-27(19)16-4-2-15(22)3-5-16/h4-13,20H,3H2,1-2H3,(H,27,29);3-12,19H,2H2,1H3,(H,27,29);3-13H,1-2H3,(H,26,28);2*2-12H,1H3,(H,26,28)/t20-;19-;13-;2*12-/m00000/s1. The van der Waals surface area contributed by atoms with Crippen LogP contribution in [0.15, 0.2) is 330 Å². The van der Waals surface area contributed by atoms with Crippen molar-refractivity contribution in [3.63, 3.8) is 0 Å². The Morgan fingerprint density at radius 1 is 0.291 bits per heavy atom. The highest BCUT2D eigenvalue weighted by Crippen LogP contribution is 2.33. The second-order valence-corrected chi connectivity index (χ2v) is 42.0. The Labute approximate surface area is 891 Å². The number of nitrogens with one attached hydrogen (secondary N) is 5. The smallest absolute Gasteiger partial charge is 0.254 e. The molecule has 148 heavy (non-hydrogen) atoms. The number of amides is 5. The first-order valence-electron chi connectivity index (χ1n) is 45.2. The van der Waals surface area contributed by atoms with E-state index in [2.05, 4.69) is 150 Å². The van der Waals surface area contributed by atoms with Crippen molar-refractivity contribution in [1.82, 2.24) is 125 Å². The summed E-state index contributed by atoms with van der Waals surface area (Å²) >= 11 is 34.1. The molecule has 20 aromatic rings. The second-order valence-electron chi connectivity index (χ2n) is 33.5. The number of nitrogens with zero attached hydrogens (tertiary/aromatic N) is 20. The van der Waals surface area contributed by atoms with Gasteiger partial charge in [0.15, 0.2) is 19.7 Å². The Bertz CT molecular complexity index is 8400. The van der Waals surface area contributed by atoms with Gasteiger partial charge >= 0.3 is 0 Å². The van der Waals surface area contributed by atoms with Gasteiger partial charge in [0.1, 0.15) is 5.82 Å². The van der Waals surface area contributed by atoms with Crippen LogP contribution in [0.2, 0.25) is 20.1 Å². The summed E-state index contributed by atoms with van der Waals surface area (Å²) in [6.45, 7) is 9.47. The van der Waals surface area contributed by atoms with E-state index in [0.29, 0.717) is 104 Å². The van der Waals surface area contributed by atoms with Gasteiger partial charge in [-0.1, -0.05) is 60.3 Å². The molecule has 0 aliphatic rings. The highest BCUT2D eigenvalue weighted by Gasteiger charge is 2.27. The van der Waals surface area contributed by atoms with Gasteiger partial charge in [0, 0.05) is 166 Å². The average molecular weight is 2290 g/mol. The lowest BCUT2D eigenvalue weighted by Gasteiger charge is -2.18. The third-order valence-corrected chi connectivity index (χ3v) is 27.8. The van der Waals surface area contributed by atoms with Crippen molar-refractivity contribution in [2.75, 3.05) is 12.5 Å². The molecule has 15 aromatic heterocycles. The second kappa shape index (κ2) is 47.1. The SMILES string of the molecule is CC[C@H](NC(=O)c1cncc2c1cnn2-c1ccc(Cl)cc1)c1cncc(Br)c1.CC[C@H](NC(=O)c1cncc2c1cnn2-c1ccc(Cl)cc1)c1cncc(S(C)(=O)=O)c1.C[C@H](NC(=O)c1cncc2c1cnn2-c1ccc(Cl)cc1)c1cncc(Br)c1.C[C@H](NC(=O)c1cncc2c1cnn2-c1ccc(Cl)cc1)c1cncc(S(C)(=O)=O)c1.C[C@H](NC(=O)c1cncc2c1cnn2-c1ccc(F)cc1)c1cncc(Br)c1. The van der Waals surface area contributed by atoms with E-state index < -0.39 is 31.8 Å². The number of aromatic nitrogens is 20. The van der Waals surface area contributed by atoms with Crippen molar-refractivity contribution in [3.05, 3.63) is 402 Å². The fraction of sp³-hybridized carbons (Fsp3) is 0.135. The maximum atomic E-state index is 13.2. The number of hydrogen-bond donors (Lipinski definition) is 5. The Morgan fingerprint density at radius 2 is 0.500 bits per heavy atom. The number of benzene rings is 5. The van der Waals surface area contributed by atoms with Gasteiger partial charge < -0.3 is 26.6 Å². The van der Waals surface area contributed by atoms with Gasteiger partial charge in [0.2, 0.25) is 0 Å². The Kier molecular flexibility index (Phi) is 33.6. The van der Waals surface area contributed by atoms with E-state index in [1.54, 1.807) is 209 Å². The summed E-state index contributed by atoms with van der Waals surface area (Å²) in [5.74, 6) is -1.70. The van der Waals surface area contributed by atoms with Crippen LogP contribution in [-0.4, -0.2) is 158 Å². The highest BCUT2D eigenvalue weighted by molar-refractivity contribution is 9.11. The van der Waals surface area contributed by atoms with E-state index in [1.165, 1.54) is 61.4 Å². The number of halogens is 8. The van der Waals surface area contributed by atoms with Crippen molar-refractivity contribution in [1.29, 1.82) is 0 Å². The molecule has 34 nitrogen and oxygen atoms in total. The molecule has 0 saturated heterocycles. The molecular formula is C104H85Br3Cl4FN25O9S2. The molecular weight excluding hydrogens is 2210 g/mol. The predicted octanol–water partition coefficient (Wildman–Crippen LogP) is 21.2. The van der Waals surface area contributed by atoms with Crippen LogP contribution in [0.25, 0.3) is 83.0 Å². The summed E-state index contributed by atoms with van der Waals surface area (Å²) in [6.07, 6.45) is 43.6. The normalized spacial score (nSPS) is 12.3. The molecule has 5 amide bonds. The Morgan fingerprint density at radius 3 is 0.750 bits per heavy atom. The van der Waals surface area contributed by atoms with Crippen molar-refractivity contribution in [2.24, 2.45) is 0 Å². The van der Waals surface area contributed by atoms with Crippen LogP contribution in [-0.2, 0) is 19.7 Å². The minimum atomic E-state index is -3.41. The molecule has 0 aliphatic carbocycles. The van der Waals surface area contributed by atoms with Crippen LogP contribution >= 0.6 is 94.2 Å². The van der Waals surface area contributed by atoms with Crippen LogP contribution in [0.4, 0.5) is 4.39 Å². The lowest BCUT2D eigenvalue weighted by molar-refractivity contribution is 0.0928. The van der Waals surface area contributed by atoms with Gasteiger partial charge in [0.25, 0.3) is 29.5 Å². The number of hydrogen-bond acceptors (Lipinski definition) is 24. The summed E-state index contributed by atoms with van der Waals surface area (Å²) in [7, 11) is -6.81. The molecule has 5 N–H and O–H groups in total. The minimum Gasteiger partial charge on any atom is -0.345 e. The Balaban J connectivity index is 0.000000132. The number of fused-ring (bicyclic) bond motifs is 5. The first-order chi connectivity index (χ1) is 71.1. The molecule has 0 radical (unpaired) electrons. The summed E-state index contributed by atoms with van der Waals surface area (Å²) in [5.41, 5.74) is 13.4. The first kappa shape index (κ1) is 106. The molecule has 0 spiro atoms. The van der Waals surface area contributed by atoms with Gasteiger partial charge in [-0.05, 0) is 261 Å². The van der Waals surface area contributed by atoms with Crippen molar-refractivity contribution in [2.45, 2.75) is 87.5 Å². The molecule has 0 fully saturated rings.